The van der Waals surface area contributed by atoms with Gasteiger partial charge < -0.3 is 15.4 Å². The Morgan fingerprint density at radius 1 is 0.821 bits per heavy atom. The summed E-state index contributed by atoms with van der Waals surface area (Å²) in [5.74, 6) is -1.34. The number of hydroxylamine groups is 2. The highest BCUT2D eigenvalue weighted by molar-refractivity contribution is 5.94. The van der Waals surface area contributed by atoms with Gasteiger partial charge in [-0.25, -0.2) is 9.59 Å². The number of benzene rings is 1. The van der Waals surface area contributed by atoms with E-state index >= 15 is 0 Å². The second-order valence-corrected chi connectivity index (χ2v) is 7.07. The predicted molar refractivity (Wildman–Crippen MR) is 107 cm³/mol. The number of carbonyl (C=O) groups is 2. The summed E-state index contributed by atoms with van der Waals surface area (Å²) in [4.78, 5) is 34.3. The van der Waals surface area contributed by atoms with Crippen molar-refractivity contribution in [3.8, 4) is 0 Å². The fraction of sp³-hybridized carbons (Fsp3) is 0.571. The Kier molecular flexibility index (Phi) is 9.31. The molecule has 0 radical (unpaired) electrons. The van der Waals surface area contributed by atoms with Crippen LogP contribution in [0.15, 0.2) is 29.4 Å². The third kappa shape index (κ3) is 7.21. The number of oxime groups is 1. The first-order valence-electron chi connectivity index (χ1n) is 10.3. The average Bonchev–Trinajstić information content (AvgIpc) is 2.74. The molecule has 1 aromatic carbocycles. The monoisotopic (exact) mass is 389 g/mol. The fourth-order valence-electron chi connectivity index (χ4n) is 3.03. The number of nitrogens with zero attached hydrogens (tertiary/aromatic N) is 2. The maximum Gasteiger partial charge on any atom is 0.365 e. The molecule has 0 saturated carbocycles. The smallest absolute Gasteiger partial charge is 0.365 e. The minimum absolute atomic E-state index is 0.153. The molecule has 2 aliphatic heterocycles. The van der Waals surface area contributed by atoms with E-state index in [0.717, 1.165) is 19.3 Å². The van der Waals surface area contributed by atoms with Crippen molar-refractivity contribution in [2.45, 2.75) is 71.1 Å². The highest BCUT2D eigenvalue weighted by atomic mass is 16.7. The van der Waals surface area contributed by atoms with Crippen molar-refractivity contribution in [1.82, 2.24) is 5.06 Å². The molecule has 2 aliphatic rings. The molecule has 0 aliphatic carbocycles. The number of hydrogen-bond donors (Lipinski definition) is 1. The van der Waals surface area contributed by atoms with Crippen LogP contribution in [0.5, 0.6) is 0 Å². The molecular formula is C21H31N3O4. The van der Waals surface area contributed by atoms with Gasteiger partial charge >= 0.3 is 11.9 Å². The zero-order chi connectivity index (χ0) is 20.2. The summed E-state index contributed by atoms with van der Waals surface area (Å²) in [6.45, 7) is 2.62. The molecular weight excluding hydrogens is 358 g/mol. The van der Waals surface area contributed by atoms with E-state index in [0.29, 0.717) is 12.1 Å². The summed E-state index contributed by atoms with van der Waals surface area (Å²) in [6, 6.07) is 6.00. The zero-order valence-corrected chi connectivity index (χ0v) is 16.7. The third-order valence-corrected chi connectivity index (χ3v) is 4.74. The van der Waals surface area contributed by atoms with Crippen LogP contribution in [0.25, 0.3) is 0 Å². The van der Waals surface area contributed by atoms with Crippen molar-refractivity contribution in [3.05, 3.63) is 35.4 Å². The van der Waals surface area contributed by atoms with Crippen LogP contribution in [0.1, 0.15) is 91.8 Å². The lowest BCUT2D eigenvalue weighted by Gasteiger charge is -2.21. The second-order valence-electron chi connectivity index (χ2n) is 7.07. The van der Waals surface area contributed by atoms with Crippen LogP contribution in [-0.4, -0.2) is 29.5 Å². The zero-order valence-electron chi connectivity index (χ0n) is 16.7. The Morgan fingerprint density at radius 3 is 1.89 bits per heavy atom. The molecule has 7 nitrogen and oxygen atoms in total. The van der Waals surface area contributed by atoms with E-state index < -0.39 is 11.9 Å². The van der Waals surface area contributed by atoms with Gasteiger partial charge in [-0.2, -0.15) is 5.06 Å². The number of fused-ring (bicyclic) bond motifs is 7. The van der Waals surface area contributed by atoms with E-state index in [-0.39, 0.29) is 11.5 Å². The van der Waals surface area contributed by atoms with Crippen LogP contribution in [0.2, 0.25) is 0 Å². The molecule has 2 bridgehead atoms. The lowest BCUT2D eigenvalue weighted by molar-refractivity contribution is -0.0594. The van der Waals surface area contributed by atoms with Gasteiger partial charge in [0.15, 0.2) is 0 Å². The molecule has 28 heavy (non-hydrogen) atoms. The van der Waals surface area contributed by atoms with Gasteiger partial charge in [-0.05, 0) is 35.8 Å². The standard InChI is InChI=1S/C21H31N3O4/c1-2-3-4-5-6-7-8-9-10-11-16-24-21(22)23-27-19(25)17-12-14-18(15-13-17)20(26)28-24/h12-15H,2-11,16H2,1H3,(H2,22,23). The highest BCUT2D eigenvalue weighted by Gasteiger charge is 2.19. The molecule has 1 aromatic rings. The van der Waals surface area contributed by atoms with Gasteiger partial charge in [0, 0.05) is 0 Å². The van der Waals surface area contributed by atoms with Crippen molar-refractivity contribution >= 4 is 17.9 Å². The predicted octanol–water partition coefficient (Wildman–Crippen LogP) is 4.38. The van der Waals surface area contributed by atoms with Crippen molar-refractivity contribution < 1.29 is 19.3 Å². The van der Waals surface area contributed by atoms with Gasteiger partial charge in [-0.15, -0.1) is 0 Å². The summed E-state index contributed by atoms with van der Waals surface area (Å²) < 4.78 is 0. The summed E-state index contributed by atoms with van der Waals surface area (Å²) in [7, 11) is 0. The lowest BCUT2D eigenvalue weighted by Crippen LogP contribution is -2.40. The van der Waals surface area contributed by atoms with Crippen LogP contribution in [0, 0.1) is 0 Å². The van der Waals surface area contributed by atoms with Gasteiger partial charge in [0.25, 0.3) is 5.96 Å². The minimum atomic E-state index is -0.636. The Balaban J connectivity index is 1.76. The molecule has 0 fully saturated rings. The average molecular weight is 389 g/mol. The molecule has 2 heterocycles. The van der Waals surface area contributed by atoms with Crippen molar-refractivity contribution in [3.63, 3.8) is 0 Å². The summed E-state index contributed by atoms with van der Waals surface area (Å²) in [5, 5.41) is 4.79. The number of carbonyl (C=O) groups excluding carboxylic acids is 2. The lowest BCUT2D eigenvalue weighted by atomic mass is 10.1. The number of hydrogen-bond acceptors (Lipinski definition) is 7. The second kappa shape index (κ2) is 12.0. The SMILES string of the molecule is CCCCCCCCCCCCN1OC(=O)c2ccc(cc2)C(=O)O/N=C\1N. The molecule has 7 heteroatoms. The molecule has 2 N–H and O–H groups in total. The van der Waals surface area contributed by atoms with E-state index in [1.54, 1.807) is 0 Å². The van der Waals surface area contributed by atoms with Crippen molar-refractivity contribution in [1.29, 1.82) is 0 Å². The fourth-order valence-corrected chi connectivity index (χ4v) is 3.03. The number of unbranched alkanes of at least 4 members (excludes halogenated alkanes) is 9. The molecule has 0 saturated heterocycles. The highest BCUT2D eigenvalue weighted by Crippen LogP contribution is 2.13. The van der Waals surface area contributed by atoms with Gasteiger partial charge in [-0.1, -0.05) is 64.7 Å². The molecule has 154 valence electrons. The van der Waals surface area contributed by atoms with Crippen molar-refractivity contribution in [2.24, 2.45) is 10.9 Å². The molecule has 0 aromatic heterocycles. The van der Waals surface area contributed by atoms with Crippen molar-refractivity contribution in [2.75, 3.05) is 6.54 Å². The Labute approximate surface area is 166 Å². The first-order valence-corrected chi connectivity index (χ1v) is 10.3. The number of guanidine groups is 1. The molecule has 3 rings (SSSR count). The van der Waals surface area contributed by atoms with Crippen LogP contribution >= 0.6 is 0 Å². The number of nitrogens with two attached hydrogens (primary N) is 1. The normalized spacial score (nSPS) is 16.2. The summed E-state index contributed by atoms with van der Waals surface area (Å²) in [5.41, 5.74) is 6.46. The van der Waals surface area contributed by atoms with Gasteiger partial charge in [0.2, 0.25) is 0 Å². The molecule has 0 unspecified atom stereocenters. The Hall–Kier alpha value is -2.57. The van der Waals surface area contributed by atoms with Crippen LogP contribution < -0.4 is 5.73 Å². The molecule has 0 atom stereocenters. The van der Waals surface area contributed by atoms with E-state index in [9.17, 15) is 9.59 Å². The van der Waals surface area contributed by atoms with Gasteiger partial charge in [0.05, 0.1) is 17.7 Å². The Morgan fingerprint density at radius 2 is 1.32 bits per heavy atom. The van der Waals surface area contributed by atoms with E-state index in [4.69, 9.17) is 15.4 Å². The van der Waals surface area contributed by atoms with Crippen LogP contribution in [-0.2, 0) is 9.68 Å². The van der Waals surface area contributed by atoms with Gasteiger partial charge in [0.1, 0.15) is 0 Å². The first kappa shape index (κ1) is 21.7. The van der Waals surface area contributed by atoms with Crippen LogP contribution in [0.4, 0.5) is 0 Å². The van der Waals surface area contributed by atoms with E-state index in [1.165, 1.54) is 74.3 Å². The minimum Gasteiger partial charge on any atom is -0.365 e. The third-order valence-electron chi connectivity index (χ3n) is 4.74. The van der Waals surface area contributed by atoms with Gasteiger partial charge in [-0.3, -0.25) is 0 Å². The summed E-state index contributed by atoms with van der Waals surface area (Å²) in [6.07, 6.45) is 12.0. The molecule has 0 amide bonds. The van der Waals surface area contributed by atoms with Crippen LogP contribution in [0.3, 0.4) is 0 Å². The molecule has 0 spiro atoms. The topological polar surface area (TPSA) is 94.2 Å². The maximum absolute atomic E-state index is 12.3. The first-order chi connectivity index (χ1) is 13.6. The van der Waals surface area contributed by atoms with E-state index in [1.807, 2.05) is 0 Å². The summed E-state index contributed by atoms with van der Waals surface area (Å²) >= 11 is 0. The number of rotatable bonds is 11. The quantitative estimate of drug-likeness (QED) is 0.446. The Bertz CT molecular complexity index is 658. The van der Waals surface area contributed by atoms with E-state index in [2.05, 4.69) is 12.1 Å². The largest absolute Gasteiger partial charge is 0.365 e. The maximum atomic E-state index is 12.3.